The lowest BCUT2D eigenvalue weighted by Gasteiger charge is -2.19. The molecule has 8 aromatic carbocycles. The highest BCUT2D eigenvalue weighted by molar-refractivity contribution is 7.25. The van der Waals surface area contributed by atoms with Crippen LogP contribution in [0.25, 0.3) is 98.8 Å². The maximum atomic E-state index is 5.32. The summed E-state index contributed by atoms with van der Waals surface area (Å²) in [7, 11) is 0. The van der Waals surface area contributed by atoms with E-state index in [1.807, 2.05) is 35.6 Å². The van der Waals surface area contributed by atoms with E-state index in [4.69, 9.17) is 15.0 Å². The lowest BCUT2D eigenvalue weighted by Crippen LogP contribution is -2.02. The van der Waals surface area contributed by atoms with Crippen molar-refractivity contribution in [3.8, 4) is 78.7 Å². The molecule has 10 aromatic rings. The fourth-order valence-corrected chi connectivity index (χ4v) is 8.52. The van der Waals surface area contributed by atoms with Crippen LogP contribution in [-0.2, 0) is 0 Å². The van der Waals surface area contributed by atoms with Crippen molar-refractivity contribution in [2.45, 2.75) is 0 Å². The second-order valence-electron chi connectivity index (χ2n) is 13.6. The number of hydrogen-bond acceptors (Lipinski definition) is 4. The molecule has 0 amide bonds. The Balaban J connectivity index is 1.25. The Labute approximate surface area is 323 Å². The van der Waals surface area contributed by atoms with Crippen LogP contribution in [0.1, 0.15) is 0 Å². The largest absolute Gasteiger partial charge is 0.208 e. The van der Waals surface area contributed by atoms with Gasteiger partial charge >= 0.3 is 0 Å². The zero-order valence-electron chi connectivity index (χ0n) is 29.8. The lowest BCUT2D eigenvalue weighted by atomic mass is 9.86. The molecule has 55 heavy (non-hydrogen) atoms. The average Bonchev–Trinajstić information content (AvgIpc) is 3.65. The lowest BCUT2D eigenvalue weighted by molar-refractivity contribution is 1.07. The molecule has 0 aliphatic heterocycles. The minimum Gasteiger partial charge on any atom is -0.208 e. The van der Waals surface area contributed by atoms with Gasteiger partial charge < -0.3 is 0 Å². The molecule has 0 saturated carbocycles. The quantitative estimate of drug-likeness (QED) is 0.165. The summed E-state index contributed by atoms with van der Waals surface area (Å²) in [6.07, 6.45) is 0. The van der Waals surface area contributed by atoms with Crippen molar-refractivity contribution in [3.63, 3.8) is 0 Å². The fourth-order valence-electron chi connectivity index (χ4n) is 7.44. The molecule has 0 spiro atoms. The molecule has 2 heterocycles. The zero-order valence-corrected chi connectivity index (χ0v) is 30.6. The Kier molecular flexibility index (Phi) is 8.36. The van der Waals surface area contributed by atoms with Gasteiger partial charge in [-0.1, -0.05) is 170 Å². The molecule has 4 heteroatoms. The van der Waals surface area contributed by atoms with E-state index in [-0.39, 0.29) is 0 Å². The molecule has 0 atom stereocenters. The normalized spacial score (nSPS) is 11.3. The molecule has 2 aromatic heterocycles. The van der Waals surface area contributed by atoms with Crippen LogP contribution in [0.15, 0.2) is 200 Å². The number of aromatic nitrogens is 3. The maximum absolute atomic E-state index is 5.32. The van der Waals surface area contributed by atoms with E-state index in [0.29, 0.717) is 17.5 Å². The van der Waals surface area contributed by atoms with E-state index in [1.165, 1.54) is 25.7 Å². The summed E-state index contributed by atoms with van der Waals surface area (Å²) in [5, 5.41) is 2.54. The maximum Gasteiger partial charge on any atom is 0.164 e. The first kappa shape index (κ1) is 32.6. The van der Waals surface area contributed by atoms with Crippen molar-refractivity contribution in [1.82, 2.24) is 15.0 Å². The van der Waals surface area contributed by atoms with Crippen LogP contribution < -0.4 is 0 Å². The average molecular weight is 720 g/mol. The van der Waals surface area contributed by atoms with Crippen LogP contribution >= 0.6 is 11.3 Å². The van der Waals surface area contributed by atoms with Crippen molar-refractivity contribution >= 4 is 31.5 Å². The zero-order chi connectivity index (χ0) is 36.6. The first-order valence-electron chi connectivity index (χ1n) is 18.4. The van der Waals surface area contributed by atoms with Gasteiger partial charge in [0, 0.05) is 42.4 Å². The third-order valence-corrected chi connectivity index (χ3v) is 11.3. The van der Waals surface area contributed by atoms with Crippen LogP contribution in [0.2, 0.25) is 0 Å². The van der Waals surface area contributed by atoms with Gasteiger partial charge in [-0.3, -0.25) is 0 Å². The third kappa shape index (κ3) is 6.29. The van der Waals surface area contributed by atoms with Gasteiger partial charge in [-0.25, -0.2) is 15.0 Å². The predicted molar refractivity (Wildman–Crippen MR) is 231 cm³/mol. The summed E-state index contributed by atoms with van der Waals surface area (Å²) in [6.45, 7) is 0. The van der Waals surface area contributed by atoms with Gasteiger partial charge in [0.25, 0.3) is 0 Å². The van der Waals surface area contributed by atoms with E-state index >= 15 is 0 Å². The van der Waals surface area contributed by atoms with Gasteiger partial charge in [0.1, 0.15) is 0 Å². The topological polar surface area (TPSA) is 38.7 Å². The number of benzene rings is 8. The third-order valence-electron chi connectivity index (χ3n) is 10.2. The highest BCUT2D eigenvalue weighted by Crippen LogP contribution is 2.45. The Morgan fingerprint density at radius 1 is 0.273 bits per heavy atom. The second kappa shape index (κ2) is 14.1. The van der Waals surface area contributed by atoms with Crippen LogP contribution in [0.3, 0.4) is 0 Å². The summed E-state index contributed by atoms with van der Waals surface area (Å²) in [4.78, 5) is 15.7. The van der Waals surface area contributed by atoms with E-state index < -0.39 is 0 Å². The Morgan fingerprint density at radius 3 is 1.36 bits per heavy atom. The molecule has 0 unspecified atom stereocenters. The van der Waals surface area contributed by atoms with Gasteiger partial charge in [-0.2, -0.15) is 0 Å². The molecular weight excluding hydrogens is 687 g/mol. The molecule has 10 rings (SSSR count). The smallest absolute Gasteiger partial charge is 0.164 e. The molecule has 3 nitrogen and oxygen atoms in total. The van der Waals surface area contributed by atoms with E-state index in [2.05, 4.69) is 176 Å². The molecule has 0 N–H and O–H groups in total. The van der Waals surface area contributed by atoms with Gasteiger partial charge in [0.05, 0.1) is 0 Å². The standard InChI is InChI=1S/C51H33N3S/c1-5-15-34(16-6-1)36-25-27-39(28-26-36)50-52-49(38-21-11-4-12-22-38)53-51(54-50)45-33-41(35-17-7-2-8-18-35)32-43(48(45)37-19-9-3-10-20-37)40-29-30-47-44(31-40)42-23-13-14-24-46(42)55-47/h1-33H. The monoisotopic (exact) mass is 719 g/mol. The molecule has 0 fully saturated rings. The Hall–Kier alpha value is -7.01. The van der Waals surface area contributed by atoms with Gasteiger partial charge in [0.15, 0.2) is 17.5 Å². The second-order valence-corrected chi connectivity index (χ2v) is 14.7. The molecule has 0 radical (unpaired) electrons. The van der Waals surface area contributed by atoms with Gasteiger partial charge in [-0.05, 0) is 69.3 Å². The van der Waals surface area contributed by atoms with Crippen LogP contribution in [-0.4, -0.2) is 15.0 Å². The van der Waals surface area contributed by atoms with Gasteiger partial charge in [-0.15, -0.1) is 11.3 Å². The Morgan fingerprint density at radius 2 is 0.709 bits per heavy atom. The van der Waals surface area contributed by atoms with Crippen molar-refractivity contribution in [1.29, 1.82) is 0 Å². The number of rotatable bonds is 7. The SMILES string of the molecule is c1ccc(-c2ccc(-c3nc(-c4ccccc4)nc(-c4cc(-c5ccccc5)cc(-c5ccc6sc7ccccc7c6c5)c4-c4ccccc4)n3)cc2)cc1. The van der Waals surface area contributed by atoms with Crippen molar-refractivity contribution in [3.05, 3.63) is 200 Å². The van der Waals surface area contributed by atoms with E-state index in [9.17, 15) is 0 Å². The van der Waals surface area contributed by atoms with Gasteiger partial charge in [0.2, 0.25) is 0 Å². The number of hydrogen-bond donors (Lipinski definition) is 0. The minimum absolute atomic E-state index is 0.621. The van der Waals surface area contributed by atoms with Crippen LogP contribution in [0.5, 0.6) is 0 Å². The van der Waals surface area contributed by atoms with Crippen LogP contribution in [0, 0.1) is 0 Å². The number of thiophene rings is 1. The minimum atomic E-state index is 0.621. The summed E-state index contributed by atoms with van der Waals surface area (Å²) >= 11 is 1.84. The number of fused-ring (bicyclic) bond motifs is 3. The first-order valence-corrected chi connectivity index (χ1v) is 19.3. The van der Waals surface area contributed by atoms with Crippen LogP contribution in [0.4, 0.5) is 0 Å². The van der Waals surface area contributed by atoms with E-state index in [1.54, 1.807) is 0 Å². The van der Waals surface area contributed by atoms with E-state index in [0.717, 1.165) is 55.6 Å². The Bertz CT molecular complexity index is 2940. The number of nitrogens with zero attached hydrogens (tertiary/aromatic N) is 3. The fraction of sp³-hybridized carbons (Fsp3) is 0. The molecule has 0 aliphatic rings. The molecule has 258 valence electrons. The first-order chi connectivity index (χ1) is 27.2. The van der Waals surface area contributed by atoms with Crippen molar-refractivity contribution < 1.29 is 0 Å². The summed E-state index contributed by atoms with van der Waals surface area (Å²) < 4.78 is 2.57. The predicted octanol–water partition coefficient (Wildman–Crippen LogP) is 13.9. The highest BCUT2D eigenvalue weighted by atomic mass is 32.1. The molecule has 0 bridgehead atoms. The molecule has 0 aliphatic carbocycles. The summed E-state index contributed by atoms with van der Waals surface area (Å²) in [5.41, 5.74) is 11.8. The molecular formula is C51H33N3S. The van der Waals surface area contributed by atoms with Crippen molar-refractivity contribution in [2.75, 3.05) is 0 Å². The van der Waals surface area contributed by atoms with Crippen molar-refractivity contribution in [2.24, 2.45) is 0 Å². The summed E-state index contributed by atoms with van der Waals surface area (Å²) in [5.74, 6) is 1.88. The molecule has 0 saturated heterocycles. The highest BCUT2D eigenvalue weighted by Gasteiger charge is 2.22. The summed E-state index contributed by atoms with van der Waals surface area (Å²) in [6, 6.07) is 70.5.